The fraction of sp³-hybridized carbons (Fsp3) is 0.0968. The molecule has 0 fully saturated rings. The number of aryl methyl sites for hydroxylation is 2. The van der Waals surface area contributed by atoms with Crippen molar-refractivity contribution in [1.82, 2.24) is 9.97 Å². The van der Waals surface area contributed by atoms with Crippen LogP contribution >= 0.6 is 11.8 Å². The van der Waals surface area contributed by atoms with Gasteiger partial charge in [-0.3, -0.25) is 0 Å². The summed E-state index contributed by atoms with van der Waals surface area (Å²) in [6.07, 6.45) is 0. The molecule has 2 aromatic heterocycles. The third-order valence-corrected chi connectivity index (χ3v) is 8.13. The van der Waals surface area contributed by atoms with Crippen LogP contribution in [-0.4, -0.2) is 17.0 Å². The molecule has 0 atom stereocenters. The van der Waals surface area contributed by atoms with Gasteiger partial charge in [-0.1, -0.05) is 36.0 Å². The minimum absolute atomic E-state index is 1.19. The molecule has 1 aliphatic rings. The van der Waals surface area contributed by atoms with Crippen LogP contribution < -0.4 is 4.90 Å². The number of fused-ring (bicyclic) bond motifs is 4. The molecular weight excluding hydrogens is 446 g/mol. The van der Waals surface area contributed by atoms with E-state index in [4.69, 9.17) is 0 Å². The Morgan fingerprint density at radius 3 is 1.46 bits per heavy atom. The predicted molar refractivity (Wildman–Crippen MR) is 149 cm³/mol. The van der Waals surface area contributed by atoms with Gasteiger partial charge >= 0.3 is 0 Å². The molecule has 170 valence electrons. The summed E-state index contributed by atoms with van der Waals surface area (Å²) < 4.78 is 0. The van der Waals surface area contributed by atoms with Crippen molar-refractivity contribution < 1.29 is 0 Å². The molecular formula is C31H25N3S. The summed E-state index contributed by atoms with van der Waals surface area (Å²) in [5, 5.41) is 2.51. The van der Waals surface area contributed by atoms with Crippen molar-refractivity contribution >= 4 is 44.9 Å². The SMILES string of the molecule is Cc1cc2cc(-c3ccc4c(c3)Sc3cc(-c5ccc6[nH]c(C)cc6c5)ccc3N4C)ccc2[nH]1. The molecule has 1 aliphatic heterocycles. The van der Waals surface area contributed by atoms with E-state index in [0.717, 1.165) is 0 Å². The summed E-state index contributed by atoms with van der Waals surface area (Å²) in [5.41, 5.74) is 12.3. The summed E-state index contributed by atoms with van der Waals surface area (Å²) >= 11 is 1.87. The average Bonchev–Trinajstić information content (AvgIpc) is 3.42. The third kappa shape index (κ3) is 3.36. The molecule has 0 aliphatic carbocycles. The molecule has 3 heterocycles. The zero-order chi connectivity index (χ0) is 23.7. The maximum atomic E-state index is 3.42. The number of nitrogens with zero attached hydrogens (tertiary/aromatic N) is 1. The van der Waals surface area contributed by atoms with Gasteiger partial charge in [0.1, 0.15) is 0 Å². The molecule has 6 aromatic rings. The van der Waals surface area contributed by atoms with E-state index in [1.54, 1.807) is 0 Å². The van der Waals surface area contributed by atoms with E-state index in [9.17, 15) is 0 Å². The van der Waals surface area contributed by atoms with Gasteiger partial charge in [-0.25, -0.2) is 0 Å². The number of aromatic nitrogens is 2. The van der Waals surface area contributed by atoms with Crippen molar-refractivity contribution in [3.8, 4) is 22.3 Å². The summed E-state index contributed by atoms with van der Waals surface area (Å²) in [6, 6.07) is 31.4. The number of hydrogen-bond acceptors (Lipinski definition) is 2. The van der Waals surface area contributed by atoms with Gasteiger partial charge in [0.15, 0.2) is 0 Å². The van der Waals surface area contributed by atoms with Crippen molar-refractivity contribution in [1.29, 1.82) is 0 Å². The molecule has 3 nitrogen and oxygen atoms in total. The zero-order valence-electron chi connectivity index (χ0n) is 19.9. The second-order valence-electron chi connectivity index (χ2n) is 9.53. The lowest BCUT2D eigenvalue weighted by atomic mass is 10.0. The van der Waals surface area contributed by atoms with Crippen molar-refractivity contribution in [2.45, 2.75) is 23.6 Å². The summed E-state index contributed by atoms with van der Waals surface area (Å²) in [5.74, 6) is 0. The first-order valence-electron chi connectivity index (χ1n) is 11.9. The summed E-state index contributed by atoms with van der Waals surface area (Å²) in [7, 11) is 2.17. The topological polar surface area (TPSA) is 34.8 Å². The normalized spacial score (nSPS) is 12.8. The van der Waals surface area contributed by atoms with Crippen LogP contribution in [0.3, 0.4) is 0 Å². The molecule has 0 amide bonds. The van der Waals surface area contributed by atoms with Crippen LogP contribution in [0, 0.1) is 13.8 Å². The first-order chi connectivity index (χ1) is 17.0. The summed E-state index contributed by atoms with van der Waals surface area (Å²) in [4.78, 5) is 11.7. The number of hydrogen-bond donors (Lipinski definition) is 2. The number of nitrogens with one attached hydrogen (secondary N) is 2. The Labute approximate surface area is 208 Å². The Bertz CT molecular complexity index is 1640. The quantitative estimate of drug-likeness (QED) is 0.264. The highest BCUT2D eigenvalue weighted by molar-refractivity contribution is 7.99. The zero-order valence-corrected chi connectivity index (χ0v) is 20.8. The molecule has 4 aromatic carbocycles. The van der Waals surface area contributed by atoms with E-state index >= 15 is 0 Å². The lowest BCUT2D eigenvalue weighted by molar-refractivity contribution is 1.11. The van der Waals surface area contributed by atoms with Crippen LogP contribution in [0.5, 0.6) is 0 Å². The molecule has 0 spiro atoms. The molecule has 0 saturated carbocycles. The first kappa shape index (κ1) is 20.5. The number of benzene rings is 4. The Hall–Kier alpha value is -3.89. The molecule has 2 N–H and O–H groups in total. The van der Waals surface area contributed by atoms with Gasteiger partial charge in [0.25, 0.3) is 0 Å². The van der Waals surface area contributed by atoms with Crippen molar-refractivity contribution in [2.24, 2.45) is 0 Å². The van der Waals surface area contributed by atoms with Crippen LogP contribution in [0.15, 0.2) is 94.7 Å². The molecule has 35 heavy (non-hydrogen) atoms. The monoisotopic (exact) mass is 471 g/mol. The summed E-state index contributed by atoms with van der Waals surface area (Å²) in [6.45, 7) is 4.21. The van der Waals surface area contributed by atoms with E-state index in [-0.39, 0.29) is 0 Å². The van der Waals surface area contributed by atoms with E-state index in [1.165, 1.54) is 76.6 Å². The Balaban J connectivity index is 1.27. The van der Waals surface area contributed by atoms with Gasteiger partial charge in [-0.15, -0.1) is 0 Å². The minimum Gasteiger partial charge on any atom is -0.359 e. The van der Waals surface area contributed by atoms with Crippen LogP contribution in [0.25, 0.3) is 44.1 Å². The second kappa shape index (κ2) is 7.56. The van der Waals surface area contributed by atoms with Crippen molar-refractivity contribution in [3.63, 3.8) is 0 Å². The molecule has 0 saturated heterocycles. The molecule has 0 bridgehead atoms. The second-order valence-corrected chi connectivity index (χ2v) is 10.6. The fourth-order valence-electron chi connectivity index (χ4n) is 5.27. The smallest absolute Gasteiger partial charge is 0.0550 e. The highest BCUT2D eigenvalue weighted by Gasteiger charge is 2.22. The highest BCUT2D eigenvalue weighted by Crippen LogP contribution is 2.49. The molecule has 4 heteroatoms. The number of H-pyrrole nitrogens is 2. The molecule has 7 rings (SSSR count). The van der Waals surface area contributed by atoms with Gasteiger partial charge in [-0.05, 0) is 96.8 Å². The average molecular weight is 472 g/mol. The van der Waals surface area contributed by atoms with Gasteiger partial charge in [0.05, 0.1) is 11.4 Å². The maximum Gasteiger partial charge on any atom is 0.0550 e. The van der Waals surface area contributed by atoms with Crippen molar-refractivity contribution in [2.75, 3.05) is 11.9 Å². The predicted octanol–water partition coefficient (Wildman–Crippen LogP) is 8.83. The standard InChI is InChI=1S/C31H25N3S/c1-18-12-24-14-20(4-8-26(24)32-18)22-6-10-28-30(16-22)35-31-17-23(7-11-29(31)34(28)3)21-5-9-27-25(15-21)13-19(2)33-27/h4-17,32-33H,1-3H3. The van der Waals surface area contributed by atoms with Crippen LogP contribution in [0.1, 0.15) is 11.4 Å². The van der Waals surface area contributed by atoms with Crippen LogP contribution in [0.2, 0.25) is 0 Å². The van der Waals surface area contributed by atoms with E-state index in [2.05, 4.69) is 121 Å². The highest BCUT2D eigenvalue weighted by atomic mass is 32.2. The van der Waals surface area contributed by atoms with Gasteiger partial charge < -0.3 is 14.9 Å². The number of anilines is 2. The first-order valence-corrected chi connectivity index (χ1v) is 12.7. The Morgan fingerprint density at radius 2 is 0.971 bits per heavy atom. The van der Waals surface area contributed by atoms with Crippen molar-refractivity contribution in [3.05, 3.63) is 96.3 Å². The number of aromatic amines is 2. The molecule has 0 unspecified atom stereocenters. The molecule has 0 radical (unpaired) electrons. The lowest BCUT2D eigenvalue weighted by Gasteiger charge is -2.30. The van der Waals surface area contributed by atoms with E-state index in [0.29, 0.717) is 0 Å². The minimum atomic E-state index is 1.19. The third-order valence-electron chi connectivity index (χ3n) is 7.04. The fourth-order valence-corrected chi connectivity index (χ4v) is 6.50. The van der Waals surface area contributed by atoms with E-state index in [1.807, 2.05) is 11.8 Å². The lowest BCUT2D eigenvalue weighted by Crippen LogP contribution is -2.14. The van der Waals surface area contributed by atoms with E-state index < -0.39 is 0 Å². The largest absolute Gasteiger partial charge is 0.359 e. The number of rotatable bonds is 2. The van der Waals surface area contributed by atoms with Gasteiger partial charge in [0.2, 0.25) is 0 Å². The van der Waals surface area contributed by atoms with Crippen LogP contribution in [-0.2, 0) is 0 Å². The van der Waals surface area contributed by atoms with Crippen LogP contribution in [0.4, 0.5) is 11.4 Å². The maximum absolute atomic E-state index is 3.42. The Morgan fingerprint density at radius 1 is 0.543 bits per heavy atom. The Kier molecular flexibility index (Phi) is 4.42. The van der Waals surface area contributed by atoms with Gasteiger partial charge in [-0.2, -0.15) is 0 Å². The van der Waals surface area contributed by atoms with Gasteiger partial charge in [0, 0.05) is 50.0 Å².